The molecule has 0 aromatic rings. The van der Waals surface area contributed by atoms with E-state index in [1.807, 2.05) is 0 Å². The highest BCUT2D eigenvalue weighted by Crippen LogP contribution is 2.18. The molecule has 0 fully saturated rings. The largest absolute Gasteiger partial charge is 0.467 e. The number of carbonyl (C=O) groups is 2. The Balaban J connectivity index is 4.56. The van der Waals surface area contributed by atoms with Gasteiger partial charge >= 0.3 is 5.97 Å². The highest BCUT2D eigenvalue weighted by atomic mass is 32.1. The lowest BCUT2D eigenvalue weighted by Crippen LogP contribution is -2.51. The molecule has 0 rings (SSSR count). The summed E-state index contributed by atoms with van der Waals surface area (Å²) in [6.45, 7) is 4.80. The van der Waals surface area contributed by atoms with Gasteiger partial charge in [0.05, 0.1) is 7.11 Å². The first-order chi connectivity index (χ1) is 5.79. The molecule has 4 nitrogen and oxygen atoms in total. The first-order valence-corrected chi connectivity index (χ1v) is 4.31. The van der Waals surface area contributed by atoms with Crippen LogP contribution in [-0.4, -0.2) is 29.8 Å². The third-order valence-corrected chi connectivity index (χ3v) is 1.75. The Morgan fingerprint density at radius 3 is 2.15 bits per heavy atom. The Labute approximate surface area is 83.4 Å². The number of carbonyl (C=O) groups excluding carboxylic acids is 2. The second-order valence-corrected chi connectivity index (χ2v) is 4.46. The number of hydrogen-bond acceptors (Lipinski definition) is 4. The summed E-state index contributed by atoms with van der Waals surface area (Å²) < 4.78 is 3.90. The van der Waals surface area contributed by atoms with Crippen molar-refractivity contribution in [3.05, 3.63) is 0 Å². The number of nitrogens with one attached hydrogen (secondary N) is 1. The molecule has 0 spiro atoms. The van der Waals surface area contributed by atoms with Crippen molar-refractivity contribution in [1.29, 1.82) is 0 Å². The topological polar surface area (TPSA) is 55.4 Å². The number of methoxy groups -OCH3 is 1. The van der Waals surface area contributed by atoms with Crippen LogP contribution in [0.2, 0.25) is 0 Å². The van der Waals surface area contributed by atoms with E-state index in [0.717, 1.165) is 0 Å². The summed E-state index contributed by atoms with van der Waals surface area (Å²) in [5.41, 5.74) is 0. The Kier molecular flexibility index (Phi) is 4.26. The van der Waals surface area contributed by atoms with Gasteiger partial charge < -0.3 is 10.1 Å². The van der Waals surface area contributed by atoms with E-state index in [1.165, 1.54) is 14.0 Å². The number of hydrogen-bond donors (Lipinski definition) is 2. The summed E-state index contributed by atoms with van der Waals surface area (Å²) in [6.07, 6.45) is 0. The Morgan fingerprint density at radius 2 is 1.92 bits per heavy atom. The van der Waals surface area contributed by atoms with Crippen molar-refractivity contribution in [3.8, 4) is 0 Å². The van der Waals surface area contributed by atoms with Crippen LogP contribution in [0, 0.1) is 0 Å². The summed E-state index contributed by atoms with van der Waals surface area (Å²) in [5.74, 6) is -0.771. The second kappa shape index (κ2) is 4.50. The van der Waals surface area contributed by atoms with Crippen molar-refractivity contribution < 1.29 is 14.3 Å². The number of ether oxygens (including phenoxy) is 1. The highest BCUT2D eigenvalue weighted by Gasteiger charge is 2.33. The lowest BCUT2D eigenvalue weighted by molar-refractivity contribution is -0.145. The monoisotopic (exact) mass is 205 g/mol. The maximum absolute atomic E-state index is 11.2. The van der Waals surface area contributed by atoms with Gasteiger partial charge in [0.25, 0.3) is 0 Å². The molecule has 1 atom stereocenters. The second-order valence-electron chi connectivity index (χ2n) is 3.31. The molecule has 0 aliphatic carbocycles. The molecule has 0 aromatic carbocycles. The lowest BCUT2D eigenvalue weighted by atomic mass is 10.0. The van der Waals surface area contributed by atoms with Crippen LogP contribution in [0.25, 0.3) is 0 Å². The fourth-order valence-corrected chi connectivity index (χ4v) is 1.02. The Bertz CT molecular complexity index is 210. The smallest absolute Gasteiger partial charge is 0.329 e. The number of rotatable bonds is 3. The zero-order chi connectivity index (χ0) is 10.6. The molecule has 0 aliphatic rings. The van der Waals surface area contributed by atoms with Crippen LogP contribution in [0.4, 0.5) is 0 Å². The lowest BCUT2D eigenvalue weighted by Gasteiger charge is -2.27. The summed E-state index contributed by atoms with van der Waals surface area (Å²) in [4.78, 5) is 22.0. The first-order valence-electron chi connectivity index (χ1n) is 3.86. The highest BCUT2D eigenvalue weighted by molar-refractivity contribution is 7.81. The van der Waals surface area contributed by atoms with Gasteiger partial charge in [0.1, 0.15) is 6.04 Å². The van der Waals surface area contributed by atoms with Crippen LogP contribution in [0.15, 0.2) is 0 Å². The van der Waals surface area contributed by atoms with Gasteiger partial charge in [-0.2, -0.15) is 12.6 Å². The standard InChI is InChI=1S/C8H15NO3S/c1-5(10)9-6(7(11)12-4)8(2,3)13/h6,13H,1-4H3,(H,9,10). The number of amides is 1. The fraction of sp³-hybridized carbons (Fsp3) is 0.750. The van der Waals surface area contributed by atoms with Gasteiger partial charge in [-0.25, -0.2) is 4.79 Å². The number of esters is 1. The zero-order valence-corrected chi connectivity index (χ0v) is 9.14. The molecule has 0 saturated heterocycles. The molecule has 0 heterocycles. The van der Waals surface area contributed by atoms with Crippen LogP contribution in [-0.2, 0) is 14.3 Å². The molecule has 1 amide bonds. The summed E-state index contributed by atoms with van der Waals surface area (Å²) in [5, 5.41) is 2.48. The summed E-state index contributed by atoms with van der Waals surface area (Å²) in [7, 11) is 1.27. The van der Waals surface area contributed by atoms with Crippen molar-refractivity contribution in [3.63, 3.8) is 0 Å². The van der Waals surface area contributed by atoms with Crippen molar-refractivity contribution >= 4 is 24.5 Å². The van der Waals surface area contributed by atoms with E-state index < -0.39 is 16.8 Å². The van der Waals surface area contributed by atoms with Crippen LogP contribution < -0.4 is 5.32 Å². The summed E-state index contributed by atoms with van der Waals surface area (Å²) >= 11 is 4.20. The molecule has 0 aliphatic heterocycles. The molecular weight excluding hydrogens is 190 g/mol. The molecule has 76 valence electrons. The van der Waals surface area contributed by atoms with Gasteiger partial charge in [0.15, 0.2) is 0 Å². The van der Waals surface area contributed by atoms with E-state index in [4.69, 9.17) is 0 Å². The summed E-state index contributed by atoms with van der Waals surface area (Å²) in [6, 6.07) is -0.724. The normalized spacial score (nSPS) is 13.3. The molecule has 1 unspecified atom stereocenters. The molecule has 13 heavy (non-hydrogen) atoms. The van der Waals surface area contributed by atoms with Gasteiger partial charge in [-0.05, 0) is 13.8 Å². The SMILES string of the molecule is COC(=O)C(NC(C)=O)C(C)(C)S. The minimum atomic E-state index is -0.724. The van der Waals surface area contributed by atoms with Gasteiger partial charge in [0, 0.05) is 11.7 Å². The third kappa shape index (κ3) is 4.17. The van der Waals surface area contributed by atoms with Crippen LogP contribution in [0.3, 0.4) is 0 Å². The Hall–Kier alpha value is -0.710. The van der Waals surface area contributed by atoms with Crippen molar-refractivity contribution in [2.45, 2.75) is 31.6 Å². The minimum Gasteiger partial charge on any atom is -0.467 e. The van der Waals surface area contributed by atoms with Gasteiger partial charge in [-0.15, -0.1) is 0 Å². The number of thiol groups is 1. The average molecular weight is 205 g/mol. The van der Waals surface area contributed by atoms with E-state index >= 15 is 0 Å². The van der Waals surface area contributed by atoms with Crippen molar-refractivity contribution in [2.24, 2.45) is 0 Å². The molecule has 0 bridgehead atoms. The van der Waals surface area contributed by atoms with Crippen LogP contribution in [0.1, 0.15) is 20.8 Å². The third-order valence-electron chi connectivity index (χ3n) is 1.49. The molecular formula is C8H15NO3S. The molecule has 0 saturated carbocycles. The molecule has 0 aromatic heterocycles. The fourth-order valence-electron chi connectivity index (χ4n) is 0.845. The van der Waals surface area contributed by atoms with Gasteiger partial charge in [-0.3, -0.25) is 4.79 Å². The first kappa shape index (κ1) is 12.3. The quantitative estimate of drug-likeness (QED) is 0.517. The molecule has 1 N–H and O–H groups in total. The van der Waals surface area contributed by atoms with E-state index in [1.54, 1.807) is 13.8 Å². The Morgan fingerprint density at radius 1 is 1.46 bits per heavy atom. The van der Waals surface area contributed by atoms with E-state index in [2.05, 4.69) is 22.7 Å². The van der Waals surface area contributed by atoms with E-state index in [-0.39, 0.29) is 5.91 Å². The molecule has 5 heteroatoms. The zero-order valence-electron chi connectivity index (χ0n) is 8.25. The molecule has 0 radical (unpaired) electrons. The van der Waals surface area contributed by atoms with Crippen LogP contribution in [0.5, 0.6) is 0 Å². The minimum absolute atomic E-state index is 0.280. The van der Waals surface area contributed by atoms with E-state index in [0.29, 0.717) is 0 Å². The van der Waals surface area contributed by atoms with Gasteiger partial charge in [-0.1, -0.05) is 0 Å². The van der Waals surface area contributed by atoms with Crippen molar-refractivity contribution in [1.82, 2.24) is 5.32 Å². The maximum Gasteiger partial charge on any atom is 0.329 e. The van der Waals surface area contributed by atoms with Crippen LogP contribution >= 0.6 is 12.6 Å². The van der Waals surface area contributed by atoms with Gasteiger partial charge in [0.2, 0.25) is 5.91 Å². The average Bonchev–Trinajstić information content (AvgIpc) is 1.96. The predicted molar refractivity (Wildman–Crippen MR) is 52.7 cm³/mol. The predicted octanol–water partition coefficient (Wildman–Crippen LogP) is 0.372. The van der Waals surface area contributed by atoms with E-state index in [9.17, 15) is 9.59 Å². The maximum atomic E-state index is 11.2. The van der Waals surface area contributed by atoms with Crippen molar-refractivity contribution in [2.75, 3.05) is 7.11 Å².